The fourth-order valence-electron chi connectivity index (χ4n) is 0.763. The predicted molar refractivity (Wildman–Crippen MR) is 45.4 cm³/mol. The Balaban J connectivity index is 3.63. The van der Waals surface area contributed by atoms with Crippen LogP contribution in [0.3, 0.4) is 0 Å². The van der Waals surface area contributed by atoms with Gasteiger partial charge in [-0.25, -0.2) is 0 Å². The Hall–Kier alpha value is 0.137. The Labute approximate surface area is 65.4 Å². The van der Waals surface area contributed by atoms with Crippen LogP contribution in [0.2, 0.25) is 6.04 Å². The fraction of sp³-hybridized carbons (Fsp3) is 1.00. The van der Waals surface area contributed by atoms with Crippen LogP contribution >= 0.6 is 0 Å². The highest BCUT2D eigenvalue weighted by molar-refractivity contribution is 6.44. The normalized spacial score (nSPS) is 12.6. The van der Waals surface area contributed by atoms with Crippen LogP contribution in [-0.4, -0.2) is 23.5 Å². The molecule has 0 aromatic rings. The number of hydrogen-bond acceptors (Lipinski definition) is 2. The van der Waals surface area contributed by atoms with Gasteiger partial charge in [-0.05, 0) is 11.5 Å². The molecule has 0 fully saturated rings. The molecule has 0 bridgehead atoms. The lowest BCUT2D eigenvalue weighted by Gasteiger charge is -2.21. The minimum absolute atomic E-state index is 0.336. The van der Waals surface area contributed by atoms with E-state index in [0.717, 1.165) is 6.04 Å². The Morgan fingerprint density at radius 2 is 1.50 bits per heavy atom. The van der Waals surface area contributed by atoms with Crippen LogP contribution in [-0.2, 0) is 8.85 Å². The first-order valence-electron chi connectivity index (χ1n) is 3.55. The summed E-state index contributed by atoms with van der Waals surface area (Å²) in [5.74, 6) is 0. The van der Waals surface area contributed by atoms with Crippen LogP contribution in [0.5, 0.6) is 0 Å². The van der Waals surface area contributed by atoms with Crippen molar-refractivity contribution in [2.24, 2.45) is 5.41 Å². The van der Waals surface area contributed by atoms with Gasteiger partial charge in [0.2, 0.25) is 0 Å². The molecule has 0 aromatic carbocycles. The van der Waals surface area contributed by atoms with E-state index in [0.29, 0.717) is 5.41 Å². The summed E-state index contributed by atoms with van der Waals surface area (Å²) in [6.07, 6.45) is 0. The van der Waals surface area contributed by atoms with Gasteiger partial charge in [0.1, 0.15) is 0 Å². The second kappa shape index (κ2) is 4.11. The van der Waals surface area contributed by atoms with Crippen LogP contribution in [0, 0.1) is 5.41 Å². The van der Waals surface area contributed by atoms with Gasteiger partial charge in [0.15, 0.2) is 0 Å². The first-order chi connectivity index (χ1) is 4.49. The summed E-state index contributed by atoms with van der Waals surface area (Å²) in [7, 11) is 2.14. The zero-order valence-corrected chi connectivity index (χ0v) is 8.76. The molecule has 0 N–H and O–H groups in total. The van der Waals surface area contributed by atoms with Gasteiger partial charge in [0.05, 0.1) is 0 Å². The van der Waals surface area contributed by atoms with E-state index >= 15 is 0 Å². The summed E-state index contributed by atoms with van der Waals surface area (Å²) in [6.45, 7) is 6.60. The van der Waals surface area contributed by atoms with Crippen LogP contribution < -0.4 is 0 Å². The van der Waals surface area contributed by atoms with Gasteiger partial charge in [0.25, 0.3) is 0 Å². The Bertz CT molecular complexity index is 84.1. The Morgan fingerprint density at radius 3 is 1.60 bits per heavy atom. The van der Waals surface area contributed by atoms with E-state index in [1.807, 2.05) is 0 Å². The van der Waals surface area contributed by atoms with Gasteiger partial charge in [-0.2, -0.15) is 0 Å². The van der Waals surface area contributed by atoms with E-state index in [2.05, 4.69) is 20.8 Å². The summed E-state index contributed by atoms with van der Waals surface area (Å²) < 4.78 is 10.4. The molecule has 62 valence electrons. The standard InChI is InChI=1S/C7H18O2Si/c1-7(2,3)6-10(8-4)9-5/h10H,6H2,1-5H3. The van der Waals surface area contributed by atoms with Gasteiger partial charge < -0.3 is 8.85 Å². The smallest absolute Gasteiger partial charge is 0.321 e. The van der Waals surface area contributed by atoms with Crippen molar-refractivity contribution in [3.8, 4) is 0 Å². The molecular formula is C7H18O2Si. The fourth-order valence-corrected chi connectivity index (χ4v) is 2.29. The lowest BCUT2D eigenvalue weighted by molar-refractivity contribution is 0.259. The summed E-state index contributed by atoms with van der Waals surface area (Å²) in [5, 5.41) is 0. The SMILES string of the molecule is CO[SiH](CC(C)(C)C)OC. The minimum Gasteiger partial charge on any atom is -0.400 e. The summed E-state index contributed by atoms with van der Waals surface area (Å²) in [5.41, 5.74) is 0.336. The van der Waals surface area contributed by atoms with Gasteiger partial charge in [-0.15, -0.1) is 0 Å². The molecule has 0 heterocycles. The van der Waals surface area contributed by atoms with Crippen molar-refractivity contribution in [3.05, 3.63) is 0 Å². The third-order valence-corrected chi connectivity index (χ3v) is 3.91. The van der Waals surface area contributed by atoms with Crippen molar-refractivity contribution in [1.29, 1.82) is 0 Å². The number of rotatable bonds is 3. The molecule has 0 aliphatic carbocycles. The van der Waals surface area contributed by atoms with Crippen LogP contribution in [0.15, 0.2) is 0 Å². The highest BCUT2D eigenvalue weighted by Crippen LogP contribution is 2.21. The molecule has 0 amide bonds. The van der Waals surface area contributed by atoms with Gasteiger partial charge in [0, 0.05) is 14.2 Å². The maximum atomic E-state index is 5.19. The molecule has 0 radical (unpaired) electrons. The molecule has 0 rings (SSSR count). The highest BCUT2D eigenvalue weighted by Gasteiger charge is 2.19. The average Bonchev–Trinajstić information content (AvgIpc) is 1.81. The third-order valence-electron chi connectivity index (χ3n) is 1.30. The lowest BCUT2D eigenvalue weighted by Crippen LogP contribution is -2.25. The predicted octanol–water partition coefficient (Wildman–Crippen LogP) is 1.55. The van der Waals surface area contributed by atoms with Crippen molar-refractivity contribution in [3.63, 3.8) is 0 Å². The Kier molecular flexibility index (Phi) is 4.16. The second-order valence-corrected chi connectivity index (χ2v) is 5.88. The van der Waals surface area contributed by atoms with E-state index in [1.165, 1.54) is 0 Å². The molecule has 0 atom stereocenters. The van der Waals surface area contributed by atoms with Crippen molar-refractivity contribution < 1.29 is 8.85 Å². The van der Waals surface area contributed by atoms with E-state index in [9.17, 15) is 0 Å². The zero-order valence-electron chi connectivity index (χ0n) is 7.60. The van der Waals surface area contributed by atoms with Gasteiger partial charge in [-0.1, -0.05) is 20.8 Å². The first kappa shape index (κ1) is 10.1. The van der Waals surface area contributed by atoms with Crippen LogP contribution in [0.25, 0.3) is 0 Å². The van der Waals surface area contributed by atoms with Crippen LogP contribution in [0.4, 0.5) is 0 Å². The van der Waals surface area contributed by atoms with Crippen molar-refractivity contribution in [2.75, 3.05) is 14.2 Å². The summed E-state index contributed by atoms with van der Waals surface area (Å²) in [6, 6.07) is 1.07. The zero-order chi connectivity index (χ0) is 8.20. The summed E-state index contributed by atoms with van der Waals surface area (Å²) in [4.78, 5) is 0. The molecule has 0 aromatic heterocycles. The Morgan fingerprint density at radius 1 is 1.10 bits per heavy atom. The molecule has 0 aliphatic rings. The van der Waals surface area contributed by atoms with Crippen molar-refractivity contribution in [2.45, 2.75) is 26.8 Å². The van der Waals surface area contributed by atoms with Crippen molar-refractivity contribution >= 4 is 9.28 Å². The second-order valence-electron chi connectivity index (χ2n) is 3.67. The minimum atomic E-state index is -1.32. The monoisotopic (exact) mass is 162 g/mol. The molecule has 10 heavy (non-hydrogen) atoms. The van der Waals surface area contributed by atoms with E-state index in [4.69, 9.17) is 8.85 Å². The maximum absolute atomic E-state index is 5.19. The van der Waals surface area contributed by atoms with Crippen LogP contribution in [0.1, 0.15) is 20.8 Å². The van der Waals surface area contributed by atoms with Gasteiger partial charge in [-0.3, -0.25) is 0 Å². The maximum Gasteiger partial charge on any atom is 0.321 e. The molecule has 3 heteroatoms. The highest BCUT2D eigenvalue weighted by atomic mass is 28.3. The molecule has 0 aliphatic heterocycles. The van der Waals surface area contributed by atoms with E-state index in [1.54, 1.807) is 14.2 Å². The van der Waals surface area contributed by atoms with Gasteiger partial charge >= 0.3 is 9.28 Å². The molecule has 0 spiro atoms. The van der Waals surface area contributed by atoms with E-state index in [-0.39, 0.29) is 0 Å². The molecule has 0 saturated carbocycles. The van der Waals surface area contributed by atoms with E-state index < -0.39 is 9.28 Å². The molecular weight excluding hydrogens is 144 g/mol. The van der Waals surface area contributed by atoms with Crippen molar-refractivity contribution in [1.82, 2.24) is 0 Å². The first-order valence-corrected chi connectivity index (χ1v) is 5.31. The largest absolute Gasteiger partial charge is 0.400 e. The molecule has 0 saturated heterocycles. The topological polar surface area (TPSA) is 18.5 Å². The summed E-state index contributed by atoms with van der Waals surface area (Å²) >= 11 is 0. The lowest BCUT2D eigenvalue weighted by atomic mass is 10.0. The third kappa shape index (κ3) is 4.96. The molecule has 2 nitrogen and oxygen atoms in total. The number of hydrogen-bond donors (Lipinski definition) is 0. The molecule has 0 unspecified atom stereocenters. The average molecular weight is 162 g/mol. The quantitative estimate of drug-likeness (QED) is 0.586.